The minimum atomic E-state index is 0. The molecule has 1 heterocycles. The minimum Gasteiger partial charge on any atom is -0.318 e. The maximum atomic E-state index is 4.05. The number of nitrogens with zero attached hydrogens (tertiary/aromatic N) is 3. The standard InChI is InChI=1S/C14H20N4.ClH/c1-15-7-9-17(2)11-13-3-5-14(6-4-13)18-10-8-16-12-18;/h3-6,8,10,12,15H,7,9,11H2,1-2H3;1H. The fraction of sp³-hybridized carbons (Fsp3) is 0.357. The van der Waals surface area contributed by atoms with E-state index in [-0.39, 0.29) is 12.4 Å². The Morgan fingerprint density at radius 3 is 2.58 bits per heavy atom. The zero-order valence-electron chi connectivity index (χ0n) is 11.4. The summed E-state index contributed by atoms with van der Waals surface area (Å²) in [7, 11) is 4.12. The molecule has 5 heteroatoms. The van der Waals surface area contributed by atoms with Crippen molar-refractivity contribution in [3.05, 3.63) is 48.5 Å². The summed E-state index contributed by atoms with van der Waals surface area (Å²) >= 11 is 0. The molecule has 1 aromatic heterocycles. The lowest BCUT2D eigenvalue weighted by atomic mass is 10.2. The molecule has 0 bridgehead atoms. The molecule has 0 aliphatic carbocycles. The van der Waals surface area contributed by atoms with E-state index in [0.29, 0.717) is 0 Å². The summed E-state index contributed by atoms with van der Waals surface area (Å²) in [6, 6.07) is 8.60. The van der Waals surface area contributed by atoms with Crippen molar-refractivity contribution in [3.8, 4) is 5.69 Å². The molecule has 4 nitrogen and oxygen atoms in total. The molecule has 104 valence electrons. The van der Waals surface area contributed by atoms with Crippen molar-refractivity contribution in [3.63, 3.8) is 0 Å². The maximum absolute atomic E-state index is 4.05. The highest BCUT2D eigenvalue weighted by Gasteiger charge is 2.00. The number of rotatable bonds is 6. The van der Waals surface area contributed by atoms with Gasteiger partial charge < -0.3 is 14.8 Å². The van der Waals surface area contributed by atoms with E-state index in [9.17, 15) is 0 Å². The first-order chi connectivity index (χ1) is 8.79. The second kappa shape index (κ2) is 7.94. The van der Waals surface area contributed by atoms with E-state index < -0.39 is 0 Å². The van der Waals surface area contributed by atoms with Gasteiger partial charge in [0.05, 0.1) is 6.33 Å². The topological polar surface area (TPSA) is 33.1 Å². The van der Waals surface area contributed by atoms with Crippen molar-refractivity contribution in [1.29, 1.82) is 0 Å². The summed E-state index contributed by atoms with van der Waals surface area (Å²) in [5, 5.41) is 3.16. The van der Waals surface area contributed by atoms with Crippen LogP contribution in [-0.4, -0.2) is 41.6 Å². The lowest BCUT2D eigenvalue weighted by molar-refractivity contribution is 0.328. The van der Waals surface area contributed by atoms with Crippen LogP contribution in [0, 0.1) is 0 Å². The van der Waals surface area contributed by atoms with Gasteiger partial charge in [-0.1, -0.05) is 12.1 Å². The van der Waals surface area contributed by atoms with E-state index in [1.54, 1.807) is 6.20 Å². The van der Waals surface area contributed by atoms with Gasteiger partial charge in [0, 0.05) is 37.7 Å². The van der Waals surface area contributed by atoms with Crippen molar-refractivity contribution in [2.24, 2.45) is 0 Å². The van der Waals surface area contributed by atoms with E-state index in [2.05, 4.69) is 46.5 Å². The fourth-order valence-corrected chi connectivity index (χ4v) is 1.88. The van der Waals surface area contributed by atoms with Crippen molar-refractivity contribution < 1.29 is 0 Å². The first-order valence-corrected chi connectivity index (χ1v) is 6.20. The second-order valence-corrected chi connectivity index (χ2v) is 4.48. The van der Waals surface area contributed by atoms with Gasteiger partial charge in [-0.25, -0.2) is 4.98 Å². The number of halogens is 1. The Morgan fingerprint density at radius 1 is 1.26 bits per heavy atom. The van der Waals surface area contributed by atoms with Crippen LogP contribution in [0.4, 0.5) is 0 Å². The van der Waals surface area contributed by atoms with Crippen LogP contribution >= 0.6 is 12.4 Å². The molecule has 19 heavy (non-hydrogen) atoms. The van der Waals surface area contributed by atoms with Gasteiger partial charge in [0.25, 0.3) is 0 Å². The molecule has 0 radical (unpaired) electrons. The molecule has 1 aromatic carbocycles. The smallest absolute Gasteiger partial charge is 0.0991 e. The predicted molar refractivity (Wildman–Crippen MR) is 81.1 cm³/mol. The van der Waals surface area contributed by atoms with Crippen LogP contribution in [0.2, 0.25) is 0 Å². The molecule has 0 unspecified atom stereocenters. The molecular formula is C14H21ClN4. The van der Waals surface area contributed by atoms with Crippen molar-refractivity contribution in [2.75, 3.05) is 27.2 Å². The molecule has 1 N–H and O–H groups in total. The number of nitrogens with one attached hydrogen (secondary N) is 1. The summed E-state index contributed by atoms with van der Waals surface area (Å²) in [5.41, 5.74) is 2.48. The Morgan fingerprint density at radius 2 is 2.00 bits per heavy atom. The van der Waals surface area contributed by atoms with Gasteiger partial charge in [-0.2, -0.15) is 0 Å². The quantitative estimate of drug-likeness (QED) is 0.878. The first kappa shape index (κ1) is 15.7. The first-order valence-electron chi connectivity index (χ1n) is 6.20. The van der Waals surface area contributed by atoms with Gasteiger partial charge in [-0.3, -0.25) is 0 Å². The largest absolute Gasteiger partial charge is 0.318 e. The molecule has 0 atom stereocenters. The maximum Gasteiger partial charge on any atom is 0.0991 e. The Bertz CT molecular complexity index is 453. The number of likely N-dealkylation sites (N-methyl/N-ethyl adjacent to an activating group) is 2. The highest BCUT2D eigenvalue weighted by atomic mass is 35.5. The van der Waals surface area contributed by atoms with E-state index in [1.165, 1.54) is 5.56 Å². The van der Waals surface area contributed by atoms with Crippen LogP contribution in [0.25, 0.3) is 5.69 Å². The summed E-state index contributed by atoms with van der Waals surface area (Å²) in [6.45, 7) is 3.05. The van der Waals surface area contributed by atoms with Crippen molar-refractivity contribution in [2.45, 2.75) is 6.54 Å². The van der Waals surface area contributed by atoms with Gasteiger partial charge in [-0.15, -0.1) is 12.4 Å². The van der Waals surface area contributed by atoms with E-state index in [0.717, 1.165) is 25.3 Å². The number of hydrogen-bond acceptors (Lipinski definition) is 3. The minimum absolute atomic E-state index is 0. The summed E-state index contributed by atoms with van der Waals surface area (Å²) in [6.07, 6.45) is 5.56. The SMILES string of the molecule is CNCCN(C)Cc1ccc(-n2ccnc2)cc1.Cl. The molecule has 0 amide bonds. The molecule has 0 fully saturated rings. The third kappa shape index (κ3) is 4.67. The molecule has 2 aromatic rings. The highest BCUT2D eigenvalue weighted by Crippen LogP contribution is 2.10. The fourth-order valence-electron chi connectivity index (χ4n) is 1.88. The third-order valence-corrected chi connectivity index (χ3v) is 2.93. The van der Waals surface area contributed by atoms with Crippen LogP contribution in [0.1, 0.15) is 5.56 Å². The summed E-state index contributed by atoms with van der Waals surface area (Å²) in [4.78, 5) is 6.36. The average molecular weight is 281 g/mol. The van der Waals surface area contributed by atoms with E-state index in [4.69, 9.17) is 0 Å². The Balaban J connectivity index is 0.00000180. The highest BCUT2D eigenvalue weighted by molar-refractivity contribution is 5.85. The second-order valence-electron chi connectivity index (χ2n) is 4.48. The molecular weight excluding hydrogens is 260 g/mol. The molecule has 0 aliphatic rings. The molecule has 0 spiro atoms. The zero-order valence-corrected chi connectivity index (χ0v) is 12.2. The lowest BCUT2D eigenvalue weighted by Crippen LogP contribution is -2.26. The Kier molecular flexibility index (Phi) is 6.56. The van der Waals surface area contributed by atoms with E-state index >= 15 is 0 Å². The number of aromatic nitrogens is 2. The summed E-state index contributed by atoms with van der Waals surface area (Å²) < 4.78 is 2.01. The van der Waals surface area contributed by atoms with Crippen LogP contribution in [0.5, 0.6) is 0 Å². The average Bonchev–Trinajstić information content (AvgIpc) is 2.91. The van der Waals surface area contributed by atoms with Crippen molar-refractivity contribution >= 4 is 12.4 Å². The number of benzene rings is 1. The van der Waals surface area contributed by atoms with Crippen LogP contribution in [0.3, 0.4) is 0 Å². The Hall–Kier alpha value is -1.36. The van der Waals surface area contributed by atoms with Gasteiger partial charge in [0.1, 0.15) is 0 Å². The van der Waals surface area contributed by atoms with Gasteiger partial charge in [-0.05, 0) is 31.8 Å². The third-order valence-electron chi connectivity index (χ3n) is 2.93. The molecule has 0 saturated heterocycles. The van der Waals surface area contributed by atoms with Crippen LogP contribution in [0.15, 0.2) is 43.0 Å². The monoisotopic (exact) mass is 280 g/mol. The van der Waals surface area contributed by atoms with Crippen molar-refractivity contribution in [1.82, 2.24) is 19.8 Å². The van der Waals surface area contributed by atoms with Gasteiger partial charge in [0.15, 0.2) is 0 Å². The summed E-state index contributed by atoms with van der Waals surface area (Å²) in [5.74, 6) is 0. The predicted octanol–water partition coefficient (Wildman–Crippen LogP) is 1.95. The van der Waals surface area contributed by atoms with Gasteiger partial charge >= 0.3 is 0 Å². The van der Waals surface area contributed by atoms with Crippen LogP contribution in [-0.2, 0) is 6.54 Å². The van der Waals surface area contributed by atoms with E-state index in [1.807, 2.05) is 24.1 Å². The molecule has 2 rings (SSSR count). The normalized spacial score (nSPS) is 10.5. The van der Waals surface area contributed by atoms with Crippen LogP contribution < -0.4 is 5.32 Å². The molecule has 0 saturated carbocycles. The zero-order chi connectivity index (χ0) is 12.8. The molecule has 0 aliphatic heterocycles. The lowest BCUT2D eigenvalue weighted by Gasteiger charge is -2.16. The number of hydrogen-bond donors (Lipinski definition) is 1. The Labute approximate surface area is 120 Å². The number of imidazole rings is 1. The van der Waals surface area contributed by atoms with Gasteiger partial charge in [0.2, 0.25) is 0 Å².